The Balaban J connectivity index is 1.80. The third-order valence-corrected chi connectivity index (χ3v) is 4.44. The van der Waals surface area contributed by atoms with Gasteiger partial charge in [0.25, 0.3) is 0 Å². The molecule has 1 nitrogen and oxygen atoms in total. The first kappa shape index (κ1) is 14.2. The highest BCUT2D eigenvalue weighted by Crippen LogP contribution is 2.23. The van der Waals surface area contributed by atoms with Crippen molar-refractivity contribution in [3.63, 3.8) is 0 Å². The highest BCUT2D eigenvalue weighted by atomic mass is 79.9. The molecule has 0 fully saturated rings. The van der Waals surface area contributed by atoms with Crippen molar-refractivity contribution in [2.24, 2.45) is 0 Å². The van der Waals surface area contributed by atoms with Crippen molar-refractivity contribution in [3.8, 4) is 11.3 Å². The lowest BCUT2D eigenvalue weighted by atomic mass is 10.1. The van der Waals surface area contributed by atoms with Crippen LogP contribution in [-0.2, 0) is 0 Å². The standard InChI is InChI=1S/C18H14BrNS/c1-13-5-8-15(9-6-13)17-12-21-18(20-17)10-7-14-3-2-4-16(19)11-14/h2-12H,1H3/b10-7+. The lowest BCUT2D eigenvalue weighted by Gasteiger charge is -1.96. The highest BCUT2D eigenvalue weighted by molar-refractivity contribution is 9.10. The Hall–Kier alpha value is -1.71. The van der Waals surface area contributed by atoms with Crippen LogP contribution in [0.1, 0.15) is 16.1 Å². The highest BCUT2D eigenvalue weighted by Gasteiger charge is 2.02. The maximum atomic E-state index is 4.67. The number of thiazole rings is 1. The minimum absolute atomic E-state index is 1.02. The molecule has 0 radical (unpaired) electrons. The van der Waals surface area contributed by atoms with Crippen molar-refractivity contribution in [3.05, 3.63) is 74.5 Å². The summed E-state index contributed by atoms with van der Waals surface area (Å²) in [6.45, 7) is 2.09. The summed E-state index contributed by atoms with van der Waals surface area (Å²) in [7, 11) is 0. The molecule has 0 aliphatic heterocycles. The van der Waals surface area contributed by atoms with Gasteiger partial charge in [-0.05, 0) is 30.7 Å². The molecule has 0 saturated carbocycles. The zero-order valence-corrected chi connectivity index (χ0v) is 14.0. The summed E-state index contributed by atoms with van der Waals surface area (Å²) in [5.74, 6) is 0. The van der Waals surface area contributed by atoms with E-state index in [0.29, 0.717) is 0 Å². The average Bonchev–Trinajstić information content (AvgIpc) is 2.95. The molecule has 2 aromatic carbocycles. The predicted molar refractivity (Wildman–Crippen MR) is 95.4 cm³/mol. The minimum atomic E-state index is 1.02. The second kappa shape index (κ2) is 6.37. The fraction of sp³-hybridized carbons (Fsp3) is 0.0556. The van der Waals surface area contributed by atoms with Crippen LogP contribution in [0.15, 0.2) is 58.4 Å². The van der Waals surface area contributed by atoms with E-state index in [4.69, 9.17) is 0 Å². The Labute approximate surface area is 137 Å². The first-order valence-electron chi connectivity index (χ1n) is 6.67. The number of benzene rings is 2. The van der Waals surface area contributed by atoms with Crippen LogP contribution in [0, 0.1) is 6.92 Å². The van der Waals surface area contributed by atoms with E-state index in [-0.39, 0.29) is 0 Å². The second-order valence-corrected chi connectivity index (χ2v) is 6.63. The van der Waals surface area contributed by atoms with E-state index < -0.39 is 0 Å². The monoisotopic (exact) mass is 355 g/mol. The van der Waals surface area contributed by atoms with Crippen LogP contribution in [0.25, 0.3) is 23.4 Å². The number of rotatable bonds is 3. The molecule has 0 saturated heterocycles. The molecule has 1 aromatic heterocycles. The van der Waals surface area contributed by atoms with Gasteiger partial charge in [-0.15, -0.1) is 11.3 Å². The Morgan fingerprint density at radius 2 is 1.86 bits per heavy atom. The molecular weight excluding hydrogens is 342 g/mol. The summed E-state index contributed by atoms with van der Waals surface area (Å²) in [5, 5.41) is 3.12. The van der Waals surface area contributed by atoms with Gasteiger partial charge in [0.15, 0.2) is 0 Å². The van der Waals surface area contributed by atoms with Crippen LogP contribution in [0.5, 0.6) is 0 Å². The van der Waals surface area contributed by atoms with Crippen LogP contribution in [0.4, 0.5) is 0 Å². The molecule has 0 unspecified atom stereocenters. The average molecular weight is 356 g/mol. The van der Waals surface area contributed by atoms with Gasteiger partial charge in [-0.1, -0.05) is 64.0 Å². The second-order valence-electron chi connectivity index (χ2n) is 4.83. The van der Waals surface area contributed by atoms with Crippen LogP contribution in [0.2, 0.25) is 0 Å². The number of hydrogen-bond acceptors (Lipinski definition) is 2. The van der Waals surface area contributed by atoms with E-state index in [2.05, 4.69) is 81.8 Å². The van der Waals surface area contributed by atoms with Gasteiger partial charge in [0.05, 0.1) is 5.69 Å². The van der Waals surface area contributed by atoms with Crippen molar-refractivity contribution >= 4 is 39.4 Å². The van der Waals surface area contributed by atoms with Gasteiger partial charge in [0, 0.05) is 15.4 Å². The number of aryl methyl sites for hydroxylation is 1. The normalized spacial score (nSPS) is 11.1. The lowest BCUT2D eigenvalue weighted by molar-refractivity contribution is 1.37. The molecule has 104 valence electrons. The quantitative estimate of drug-likeness (QED) is 0.557. The maximum absolute atomic E-state index is 4.67. The fourth-order valence-corrected chi connectivity index (χ4v) is 3.13. The van der Waals surface area contributed by atoms with Crippen LogP contribution >= 0.6 is 27.3 Å². The Morgan fingerprint density at radius 3 is 2.62 bits per heavy atom. The van der Waals surface area contributed by atoms with Crippen molar-refractivity contribution in [1.82, 2.24) is 4.98 Å². The van der Waals surface area contributed by atoms with Crippen LogP contribution in [-0.4, -0.2) is 4.98 Å². The number of aromatic nitrogens is 1. The summed E-state index contributed by atoms with van der Waals surface area (Å²) in [4.78, 5) is 4.67. The zero-order chi connectivity index (χ0) is 14.7. The number of hydrogen-bond donors (Lipinski definition) is 0. The third-order valence-electron chi connectivity index (χ3n) is 3.14. The van der Waals surface area contributed by atoms with Crippen molar-refractivity contribution in [2.75, 3.05) is 0 Å². The Morgan fingerprint density at radius 1 is 1.05 bits per heavy atom. The van der Waals surface area contributed by atoms with Crippen molar-refractivity contribution in [2.45, 2.75) is 6.92 Å². The van der Waals surface area contributed by atoms with Crippen molar-refractivity contribution < 1.29 is 0 Å². The first-order valence-corrected chi connectivity index (χ1v) is 8.34. The fourth-order valence-electron chi connectivity index (χ4n) is 2.00. The van der Waals surface area contributed by atoms with Gasteiger partial charge in [-0.25, -0.2) is 4.98 Å². The molecule has 3 heteroatoms. The molecule has 0 bridgehead atoms. The van der Waals surface area contributed by atoms with Gasteiger partial charge in [0.1, 0.15) is 5.01 Å². The Kier molecular flexibility index (Phi) is 4.32. The predicted octanol–water partition coefficient (Wildman–Crippen LogP) is 6.05. The molecule has 0 spiro atoms. The van der Waals surface area contributed by atoms with E-state index in [1.54, 1.807) is 11.3 Å². The maximum Gasteiger partial charge on any atom is 0.116 e. The lowest BCUT2D eigenvalue weighted by Crippen LogP contribution is -1.79. The molecule has 0 aliphatic rings. The molecule has 3 rings (SSSR count). The van der Waals surface area contributed by atoms with E-state index in [9.17, 15) is 0 Å². The molecular formula is C18H14BrNS. The topological polar surface area (TPSA) is 12.9 Å². The Bertz CT molecular complexity index is 772. The minimum Gasteiger partial charge on any atom is -0.237 e. The molecule has 0 atom stereocenters. The smallest absolute Gasteiger partial charge is 0.116 e. The van der Waals surface area contributed by atoms with E-state index >= 15 is 0 Å². The first-order chi connectivity index (χ1) is 10.2. The summed E-state index contributed by atoms with van der Waals surface area (Å²) in [5.41, 5.74) is 4.63. The molecule has 21 heavy (non-hydrogen) atoms. The molecule has 1 heterocycles. The van der Waals surface area contributed by atoms with E-state index in [1.807, 2.05) is 12.1 Å². The van der Waals surface area contributed by atoms with Gasteiger partial charge >= 0.3 is 0 Å². The van der Waals surface area contributed by atoms with Gasteiger partial charge in [-0.3, -0.25) is 0 Å². The van der Waals surface area contributed by atoms with Gasteiger partial charge in [-0.2, -0.15) is 0 Å². The zero-order valence-electron chi connectivity index (χ0n) is 11.6. The summed E-state index contributed by atoms with van der Waals surface area (Å²) < 4.78 is 1.09. The van der Waals surface area contributed by atoms with Crippen LogP contribution in [0.3, 0.4) is 0 Å². The largest absolute Gasteiger partial charge is 0.237 e. The van der Waals surface area contributed by atoms with E-state index in [0.717, 1.165) is 20.7 Å². The summed E-state index contributed by atoms with van der Waals surface area (Å²) >= 11 is 5.14. The molecule has 0 N–H and O–H groups in total. The summed E-state index contributed by atoms with van der Waals surface area (Å²) in [6.07, 6.45) is 4.15. The van der Waals surface area contributed by atoms with E-state index in [1.165, 1.54) is 11.1 Å². The van der Waals surface area contributed by atoms with Gasteiger partial charge in [0.2, 0.25) is 0 Å². The number of halogens is 1. The molecule has 0 aliphatic carbocycles. The van der Waals surface area contributed by atoms with Crippen molar-refractivity contribution in [1.29, 1.82) is 0 Å². The SMILES string of the molecule is Cc1ccc(-c2csc(/C=C/c3cccc(Br)c3)n2)cc1. The molecule has 3 aromatic rings. The van der Waals surface area contributed by atoms with Gasteiger partial charge < -0.3 is 0 Å². The van der Waals surface area contributed by atoms with Crippen LogP contribution < -0.4 is 0 Å². The molecule has 0 amide bonds. The number of nitrogens with zero attached hydrogens (tertiary/aromatic N) is 1. The third kappa shape index (κ3) is 3.69. The summed E-state index contributed by atoms with van der Waals surface area (Å²) in [6, 6.07) is 16.7.